The van der Waals surface area contributed by atoms with E-state index in [1.54, 1.807) is 6.07 Å². The molecule has 0 fully saturated rings. The first-order valence-electron chi connectivity index (χ1n) is 5.94. The van der Waals surface area contributed by atoms with Crippen molar-refractivity contribution in [1.29, 1.82) is 0 Å². The zero-order chi connectivity index (χ0) is 14.0. The van der Waals surface area contributed by atoms with Crippen LogP contribution >= 0.6 is 0 Å². The second-order valence-corrected chi connectivity index (χ2v) is 7.45. The summed E-state index contributed by atoms with van der Waals surface area (Å²) in [5.74, 6) is 0.0813. The van der Waals surface area contributed by atoms with Crippen molar-refractivity contribution in [3.05, 3.63) is 29.3 Å². The second kappa shape index (κ2) is 5.28. The summed E-state index contributed by atoms with van der Waals surface area (Å²) in [4.78, 5) is 0. The molecular formula is C13H22N2O2S. The van der Waals surface area contributed by atoms with Gasteiger partial charge in [0.25, 0.3) is 0 Å². The van der Waals surface area contributed by atoms with Gasteiger partial charge in [0.2, 0.25) is 10.0 Å². The van der Waals surface area contributed by atoms with Crippen molar-refractivity contribution in [3.63, 3.8) is 0 Å². The Hall–Kier alpha value is -1.07. The van der Waals surface area contributed by atoms with Crippen LogP contribution in [0.25, 0.3) is 0 Å². The SMILES string of the molecule is Cc1cccc(NS(=O)(=O)CC(C)(C)C)c1CN. The van der Waals surface area contributed by atoms with Crippen molar-refractivity contribution in [2.24, 2.45) is 11.1 Å². The molecular weight excluding hydrogens is 248 g/mol. The molecule has 0 aliphatic carbocycles. The summed E-state index contributed by atoms with van der Waals surface area (Å²) in [5, 5.41) is 0. The fraction of sp³-hybridized carbons (Fsp3) is 0.538. The third-order valence-electron chi connectivity index (χ3n) is 2.50. The molecule has 0 amide bonds. The van der Waals surface area contributed by atoms with E-state index in [9.17, 15) is 8.42 Å². The minimum atomic E-state index is -3.35. The van der Waals surface area contributed by atoms with Crippen LogP contribution in [0, 0.1) is 12.3 Å². The summed E-state index contributed by atoms with van der Waals surface area (Å²) in [6.07, 6.45) is 0. The Morgan fingerprint density at radius 2 is 1.89 bits per heavy atom. The Bertz CT molecular complexity index is 516. The van der Waals surface area contributed by atoms with Crippen LogP contribution < -0.4 is 10.5 Å². The fourth-order valence-corrected chi connectivity index (χ4v) is 3.58. The van der Waals surface area contributed by atoms with Crippen molar-refractivity contribution >= 4 is 15.7 Å². The third-order valence-corrected chi connectivity index (χ3v) is 4.28. The van der Waals surface area contributed by atoms with Gasteiger partial charge in [-0.25, -0.2) is 8.42 Å². The quantitative estimate of drug-likeness (QED) is 0.881. The van der Waals surface area contributed by atoms with Gasteiger partial charge in [-0.1, -0.05) is 32.9 Å². The molecule has 0 bridgehead atoms. The predicted molar refractivity (Wildman–Crippen MR) is 75.9 cm³/mol. The molecule has 0 saturated carbocycles. The van der Waals surface area contributed by atoms with E-state index >= 15 is 0 Å². The topological polar surface area (TPSA) is 72.2 Å². The number of benzene rings is 1. The van der Waals surface area contributed by atoms with Crippen molar-refractivity contribution in [2.45, 2.75) is 34.2 Å². The van der Waals surface area contributed by atoms with Gasteiger partial charge in [-0.2, -0.15) is 0 Å². The van der Waals surface area contributed by atoms with Crippen LogP contribution in [0.5, 0.6) is 0 Å². The Kier molecular flexibility index (Phi) is 4.40. The van der Waals surface area contributed by atoms with Crippen molar-refractivity contribution in [3.8, 4) is 0 Å². The van der Waals surface area contributed by atoms with Crippen molar-refractivity contribution in [1.82, 2.24) is 0 Å². The van der Waals surface area contributed by atoms with Crippen LogP contribution in [-0.4, -0.2) is 14.2 Å². The highest BCUT2D eigenvalue weighted by Gasteiger charge is 2.22. The molecule has 5 heteroatoms. The van der Waals surface area contributed by atoms with Crippen LogP contribution in [-0.2, 0) is 16.6 Å². The average Bonchev–Trinajstić information content (AvgIpc) is 2.13. The van der Waals surface area contributed by atoms with E-state index in [1.165, 1.54) is 0 Å². The molecule has 102 valence electrons. The van der Waals surface area contributed by atoms with Gasteiger partial charge < -0.3 is 5.73 Å². The zero-order valence-electron chi connectivity index (χ0n) is 11.4. The molecule has 1 aromatic rings. The maximum absolute atomic E-state index is 12.0. The van der Waals surface area contributed by atoms with Gasteiger partial charge in [0, 0.05) is 6.54 Å². The van der Waals surface area contributed by atoms with Gasteiger partial charge in [-0.15, -0.1) is 0 Å². The van der Waals surface area contributed by atoms with Gasteiger partial charge in [-0.3, -0.25) is 4.72 Å². The average molecular weight is 270 g/mol. The number of rotatable bonds is 4. The number of aryl methyl sites for hydroxylation is 1. The summed E-state index contributed by atoms with van der Waals surface area (Å²) in [6, 6.07) is 5.49. The summed E-state index contributed by atoms with van der Waals surface area (Å²) in [5.41, 5.74) is 7.80. The monoisotopic (exact) mass is 270 g/mol. The fourth-order valence-electron chi connectivity index (χ4n) is 1.84. The molecule has 3 N–H and O–H groups in total. The zero-order valence-corrected chi connectivity index (χ0v) is 12.3. The molecule has 0 saturated heterocycles. The van der Waals surface area contributed by atoms with Gasteiger partial charge in [-0.05, 0) is 29.5 Å². The van der Waals surface area contributed by atoms with Crippen molar-refractivity contribution in [2.75, 3.05) is 10.5 Å². The Balaban J connectivity index is 3.02. The van der Waals surface area contributed by atoms with Crippen LogP contribution in [0.4, 0.5) is 5.69 Å². The first-order valence-corrected chi connectivity index (χ1v) is 7.59. The number of nitrogens with two attached hydrogens (primary N) is 1. The lowest BCUT2D eigenvalue weighted by atomic mass is 10.0. The lowest BCUT2D eigenvalue weighted by Gasteiger charge is -2.20. The first-order chi connectivity index (χ1) is 8.14. The molecule has 0 atom stereocenters. The van der Waals surface area contributed by atoms with Crippen LogP contribution in [0.2, 0.25) is 0 Å². The smallest absolute Gasteiger partial charge is 0.233 e. The minimum absolute atomic E-state index is 0.0813. The van der Waals surface area contributed by atoms with E-state index in [0.29, 0.717) is 12.2 Å². The van der Waals surface area contributed by atoms with Crippen LogP contribution in [0.1, 0.15) is 31.9 Å². The number of nitrogens with one attached hydrogen (secondary N) is 1. The van der Waals surface area contributed by atoms with Crippen LogP contribution in [0.3, 0.4) is 0 Å². The Morgan fingerprint density at radius 1 is 1.28 bits per heavy atom. The lowest BCUT2D eigenvalue weighted by Crippen LogP contribution is -2.26. The second-order valence-electron chi connectivity index (χ2n) is 5.73. The molecule has 1 aromatic carbocycles. The first kappa shape index (κ1) is 15.0. The van der Waals surface area contributed by atoms with Gasteiger partial charge in [0.15, 0.2) is 0 Å². The van der Waals surface area contributed by atoms with Gasteiger partial charge in [0.05, 0.1) is 11.4 Å². The number of anilines is 1. The predicted octanol–water partition coefficient (Wildman–Crippen LogP) is 2.24. The summed E-state index contributed by atoms with van der Waals surface area (Å²) in [7, 11) is -3.35. The standard InChI is InChI=1S/C13H22N2O2S/c1-10-6-5-7-12(11(10)8-14)15-18(16,17)9-13(2,3)4/h5-7,15H,8-9,14H2,1-4H3. The highest BCUT2D eigenvalue weighted by molar-refractivity contribution is 7.92. The highest BCUT2D eigenvalue weighted by Crippen LogP contribution is 2.23. The van der Waals surface area contributed by atoms with E-state index in [2.05, 4.69) is 4.72 Å². The largest absolute Gasteiger partial charge is 0.326 e. The molecule has 0 aliphatic rings. The van der Waals surface area contributed by atoms with Gasteiger partial charge >= 0.3 is 0 Å². The third kappa shape index (κ3) is 4.31. The summed E-state index contributed by atoms with van der Waals surface area (Å²) in [6.45, 7) is 7.93. The Labute approximate surface area is 110 Å². The summed E-state index contributed by atoms with van der Waals surface area (Å²) < 4.78 is 26.7. The van der Waals surface area contributed by atoms with Crippen LogP contribution in [0.15, 0.2) is 18.2 Å². The lowest BCUT2D eigenvalue weighted by molar-refractivity contribution is 0.463. The molecule has 0 spiro atoms. The van der Waals surface area contributed by atoms with E-state index in [0.717, 1.165) is 11.1 Å². The molecule has 0 aliphatic heterocycles. The van der Waals surface area contributed by atoms with E-state index < -0.39 is 10.0 Å². The van der Waals surface area contributed by atoms with E-state index in [4.69, 9.17) is 5.73 Å². The number of hydrogen-bond acceptors (Lipinski definition) is 3. The molecule has 1 rings (SSSR count). The summed E-state index contributed by atoms with van der Waals surface area (Å²) >= 11 is 0. The van der Waals surface area contributed by atoms with Gasteiger partial charge in [0.1, 0.15) is 0 Å². The molecule has 0 heterocycles. The maximum Gasteiger partial charge on any atom is 0.233 e. The highest BCUT2D eigenvalue weighted by atomic mass is 32.2. The molecule has 0 aromatic heterocycles. The maximum atomic E-state index is 12.0. The molecule has 18 heavy (non-hydrogen) atoms. The normalized spacial score (nSPS) is 12.5. The van der Waals surface area contributed by atoms with E-state index in [-0.39, 0.29) is 11.2 Å². The molecule has 0 unspecified atom stereocenters. The minimum Gasteiger partial charge on any atom is -0.326 e. The molecule has 0 radical (unpaired) electrons. The van der Waals surface area contributed by atoms with Crippen molar-refractivity contribution < 1.29 is 8.42 Å². The van der Waals surface area contributed by atoms with E-state index in [1.807, 2.05) is 39.8 Å². The number of sulfonamides is 1. The Morgan fingerprint density at radius 3 is 2.39 bits per heavy atom. The number of hydrogen-bond donors (Lipinski definition) is 2. The molecule has 4 nitrogen and oxygen atoms in total.